The van der Waals surface area contributed by atoms with Crippen molar-refractivity contribution in [3.05, 3.63) is 83.8 Å². The molecular formula is C21H21N3O3S. The Labute approximate surface area is 164 Å². The molecular weight excluding hydrogens is 374 g/mol. The van der Waals surface area contributed by atoms with E-state index < -0.39 is 16.1 Å². The zero-order valence-corrected chi connectivity index (χ0v) is 16.3. The van der Waals surface area contributed by atoms with E-state index in [4.69, 9.17) is 4.74 Å². The van der Waals surface area contributed by atoms with E-state index in [0.717, 1.165) is 24.0 Å². The lowest BCUT2D eigenvalue weighted by Crippen LogP contribution is -2.34. The molecule has 1 aliphatic heterocycles. The predicted octanol–water partition coefficient (Wildman–Crippen LogP) is 3.57. The molecule has 7 heteroatoms. The van der Waals surface area contributed by atoms with Crippen LogP contribution < -0.4 is 4.74 Å². The van der Waals surface area contributed by atoms with Gasteiger partial charge in [0.2, 0.25) is 15.9 Å². The zero-order chi connectivity index (χ0) is 19.6. The fraction of sp³-hybridized carbons (Fsp3) is 0.238. The van der Waals surface area contributed by atoms with Gasteiger partial charge in [0.15, 0.2) is 0 Å². The Morgan fingerprint density at radius 2 is 1.96 bits per heavy atom. The summed E-state index contributed by atoms with van der Waals surface area (Å²) >= 11 is 0. The van der Waals surface area contributed by atoms with E-state index in [1.807, 2.05) is 24.3 Å². The highest BCUT2D eigenvalue weighted by molar-refractivity contribution is 7.88. The number of aryl methyl sites for hydroxylation is 1. The summed E-state index contributed by atoms with van der Waals surface area (Å²) < 4.78 is 32.5. The van der Waals surface area contributed by atoms with E-state index in [9.17, 15) is 8.42 Å². The third kappa shape index (κ3) is 3.90. The molecule has 0 unspecified atom stereocenters. The molecule has 0 saturated carbocycles. The van der Waals surface area contributed by atoms with Gasteiger partial charge in [0.25, 0.3) is 0 Å². The third-order valence-corrected chi connectivity index (χ3v) is 6.07. The number of aromatic nitrogens is 2. The van der Waals surface area contributed by atoms with Crippen molar-refractivity contribution in [2.45, 2.75) is 18.9 Å². The molecule has 1 atom stereocenters. The van der Waals surface area contributed by atoms with E-state index in [1.165, 1.54) is 11.8 Å². The van der Waals surface area contributed by atoms with Crippen molar-refractivity contribution >= 4 is 10.0 Å². The Kier molecular flexibility index (Phi) is 5.11. The molecule has 0 fully saturated rings. The van der Waals surface area contributed by atoms with Crippen molar-refractivity contribution in [2.24, 2.45) is 0 Å². The Bertz CT molecular complexity index is 1070. The van der Waals surface area contributed by atoms with Gasteiger partial charge in [0.1, 0.15) is 5.75 Å². The molecule has 0 saturated heterocycles. The van der Waals surface area contributed by atoms with Gasteiger partial charge in [-0.15, -0.1) is 0 Å². The average Bonchev–Trinajstić information content (AvgIpc) is 2.89. The minimum absolute atomic E-state index is 0.403. The van der Waals surface area contributed by atoms with Gasteiger partial charge < -0.3 is 4.74 Å². The maximum atomic E-state index is 12.6. The minimum atomic E-state index is -3.40. The highest BCUT2D eigenvalue weighted by Crippen LogP contribution is 2.36. The van der Waals surface area contributed by atoms with Gasteiger partial charge in [0, 0.05) is 25.0 Å². The van der Waals surface area contributed by atoms with Crippen LogP contribution in [-0.4, -0.2) is 35.5 Å². The predicted molar refractivity (Wildman–Crippen MR) is 107 cm³/mol. The van der Waals surface area contributed by atoms with Gasteiger partial charge in [-0.05, 0) is 47.7 Å². The Hall–Kier alpha value is -2.77. The Morgan fingerprint density at radius 1 is 1.11 bits per heavy atom. The van der Waals surface area contributed by atoms with Gasteiger partial charge in [-0.3, -0.25) is 4.98 Å². The number of hydrogen-bond acceptors (Lipinski definition) is 5. The largest absolute Gasteiger partial charge is 0.437 e. The van der Waals surface area contributed by atoms with Crippen LogP contribution in [0.2, 0.25) is 0 Å². The van der Waals surface area contributed by atoms with Crippen LogP contribution in [0.25, 0.3) is 0 Å². The van der Waals surface area contributed by atoms with E-state index >= 15 is 0 Å². The maximum absolute atomic E-state index is 12.6. The third-order valence-electron chi connectivity index (χ3n) is 4.82. The maximum Gasteiger partial charge on any atom is 0.219 e. The lowest BCUT2D eigenvalue weighted by Gasteiger charge is -2.29. The number of rotatable bonds is 4. The molecule has 2 aromatic heterocycles. The first kappa shape index (κ1) is 18.6. The second-order valence-corrected chi connectivity index (χ2v) is 8.73. The van der Waals surface area contributed by atoms with Crippen LogP contribution in [0.3, 0.4) is 0 Å². The number of fused-ring (bicyclic) bond motifs is 1. The van der Waals surface area contributed by atoms with Crippen molar-refractivity contribution in [1.82, 2.24) is 14.3 Å². The normalized spacial score (nSPS) is 17.5. The quantitative estimate of drug-likeness (QED) is 0.675. The zero-order valence-electron chi connectivity index (χ0n) is 15.5. The van der Waals surface area contributed by atoms with Crippen LogP contribution >= 0.6 is 0 Å². The van der Waals surface area contributed by atoms with Crippen molar-refractivity contribution in [2.75, 3.05) is 12.8 Å². The summed E-state index contributed by atoms with van der Waals surface area (Å²) in [7, 11) is -3.40. The van der Waals surface area contributed by atoms with E-state index in [-0.39, 0.29) is 0 Å². The molecule has 28 heavy (non-hydrogen) atoms. The number of nitrogens with zero attached hydrogens (tertiary/aromatic N) is 3. The Morgan fingerprint density at radius 3 is 2.75 bits per heavy atom. The lowest BCUT2D eigenvalue weighted by atomic mass is 9.94. The van der Waals surface area contributed by atoms with E-state index in [1.54, 1.807) is 41.1 Å². The standard InChI is InChI=1S/C21H21N3O3S/c1-28(25,26)24-13-5-7-16-6-2-3-9-19(16)21(24)17-10-12-23-20(14-17)27-18-8-4-11-22-15-18/h2-4,6,8-12,14-15,21H,5,7,13H2,1H3/t21-/m1/s1. The van der Waals surface area contributed by atoms with Crippen molar-refractivity contribution in [3.8, 4) is 11.6 Å². The molecule has 0 bridgehead atoms. The summed E-state index contributed by atoms with van der Waals surface area (Å²) in [5.41, 5.74) is 3.00. The van der Waals surface area contributed by atoms with E-state index in [2.05, 4.69) is 16.0 Å². The van der Waals surface area contributed by atoms with Crippen LogP contribution in [0.5, 0.6) is 11.6 Å². The number of benzene rings is 1. The van der Waals surface area contributed by atoms with E-state index in [0.29, 0.717) is 18.2 Å². The van der Waals surface area contributed by atoms with Crippen LogP contribution in [-0.2, 0) is 16.4 Å². The highest BCUT2D eigenvalue weighted by Gasteiger charge is 2.33. The smallest absolute Gasteiger partial charge is 0.219 e. The minimum Gasteiger partial charge on any atom is -0.437 e. The number of sulfonamides is 1. The van der Waals surface area contributed by atoms with Crippen LogP contribution in [0.4, 0.5) is 0 Å². The number of hydrogen-bond donors (Lipinski definition) is 0. The highest BCUT2D eigenvalue weighted by atomic mass is 32.2. The first-order valence-electron chi connectivity index (χ1n) is 9.11. The fourth-order valence-corrected chi connectivity index (χ4v) is 4.70. The molecule has 3 heterocycles. The molecule has 0 N–H and O–H groups in total. The second-order valence-electron chi connectivity index (χ2n) is 6.80. The molecule has 0 spiro atoms. The lowest BCUT2D eigenvalue weighted by molar-refractivity contribution is 0.366. The molecule has 4 rings (SSSR count). The fourth-order valence-electron chi connectivity index (χ4n) is 3.62. The summed E-state index contributed by atoms with van der Waals surface area (Å²) in [6, 6.07) is 14.8. The molecule has 1 aliphatic rings. The second kappa shape index (κ2) is 7.69. The molecule has 6 nitrogen and oxygen atoms in total. The van der Waals surface area contributed by atoms with Gasteiger partial charge in [-0.25, -0.2) is 13.4 Å². The molecule has 1 aromatic carbocycles. The van der Waals surface area contributed by atoms with Crippen LogP contribution in [0.1, 0.15) is 29.2 Å². The van der Waals surface area contributed by atoms with Crippen LogP contribution in [0.15, 0.2) is 67.1 Å². The summed E-state index contributed by atoms with van der Waals surface area (Å²) in [5.74, 6) is 0.981. The van der Waals surface area contributed by atoms with Crippen molar-refractivity contribution < 1.29 is 13.2 Å². The van der Waals surface area contributed by atoms with Crippen molar-refractivity contribution in [3.63, 3.8) is 0 Å². The number of pyridine rings is 2. The molecule has 0 aliphatic carbocycles. The summed E-state index contributed by atoms with van der Waals surface area (Å²) in [5, 5.41) is 0. The van der Waals surface area contributed by atoms with Gasteiger partial charge in [-0.1, -0.05) is 24.3 Å². The molecule has 0 amide bonds. The topological polar surface area (TPSA) is 72.4 Å². The van der Waals surface area contributed by atoms with Crippen LogP contribution in [0, 0.1) is 0 Å². The summed E-state index contributed by atoms with van der Waals surface area (Å²) in [6.07, 6.45) is 7.83. The van der Waals surface area contributed by atoms with Crippen molar-refractivity contribution in [1.29, 1.82) is 0 Å². The van der Waals surface area contributed by atoms with Gasteiger partial charge in [0.05, 0.1) is 18.5 Å². The first-order chi connectivity index (χ1) is 13.5. The van der Waals surface area contributed by atoms with Gasteiger partial charge >= 0.3 is 0 Å². The molecule has 0 radical (unpaired) electrons. The SMILES string of the molecule is CS(=O)(=O)N1CCCc2ccccc2[C@H]1c1ccnc(Oc2cccnc2)c1. The molecule has 144 valence electrons. The average molecular weight is 395 g/mol. The van der Waals surface area contributed by atoms with Gasteiger partial charge in [-0.2, -0.15) is 4.31 Å². The summed E-state index contributed by atoms with van der Waals surface area (Å²) in [4.78, 5) is 8.32. The first-order valence-corrected chi connectivity index (χ1v) is 11.0. The molecule has 3 aromatic rings. The monoisotopic (exact) mass is 395 g/mol. The Balaban J connectivity index is 1.79. The number of ether oxygens (including phenoxy) is 1. The summed E-state index contributed by atoms with van der Waals surface area (Å²) in [6.45, 7) is 0.472.